The van der Waals surface area contributed by atoms with Gasteiger partial charge in [-0.3, -0.25) is 0 Å². The van der Waals surface area contributed by atoms with Crippen LogP contribution in [0, 0.1) is 20.8 Å². The molecule has 0 spiro atoms. The Kier molecular flexibility index (Phi) is 5.94. The summed E-state index contributed by atoms with van der Waals surface area (Å²) in [6, 6.07) is 5.10. The first-order chi connectivity index (χ1) is 9.58. The van der Waals surface area contributed by atoms with Crippen LogP contribution in [-0.4, -0.2) is 42.6 Å². The molecule has 2 rings (SSSR count). The van der Waals surface area contributed by atoms with Gasteiger partial charge in [-0.25, -0.2) is 0 Å². The summed E-state index contributed by atoms with van der Waals surface area (Å²) in [5.41, 5.74) is 5.64. The molecule has 0 bridgehead atoms. The highest BCUT2D eigenvalue weighted by Crippen LogP contribution is 2.21. The fourth-order valence-corrected chi connectivity index (χ4v) is 3.80. The Labute approximate surface area is 128 Å². The first-order valence-corrected chi connectivity index (χ1v) is 8.84. The maximum atomic E-state index is 3.69. The fraction of sp³-hybridized carbons (Fsp3) is 0.647. The molecular weight excluding hydrogens is 264 g/mol. The summed E-state index contributed by atoms with van der Waals surface area (Å²) in [5, 5.41) is 3.69. The lowest BCUT2D eigenvalue weighted by Gasteiger charge is -2.27. The van der Waals surface area contributed by atoms with Gasteiger partial charge in [0.15, 0.2) is 0 Å². The number of hydrogen-bond donors (Lipinski definition) is 1. The van der Waals surface area contributed by atoms with Crippen LogP contribution in [0.25, 0.3) is 0 Å². The maximum absolute atomic E-state index is 3.69. The molecule has 1 atom stereocenters. The fourth-order valence-electron chi connectivity index (χ4n) is 2.82. The van der Waals surface area contributed by atoms with E-state index in [9.17, 15) is 0 Å². The third kappa shape index (κ3) is 4.24. The largest absolute Gasteiger partial charge is 0.309 e. The molecule has 20 heavy (non-hydrogen) atoms. The van der Waals surface area contributed by atoms with E-state index in [1.54, 1.807) is 0 Å². The zero-order valence-corrected chi connectivity index (χ0v) is 14.1. The number of nitrogens with one attached hydrogen (secondary N) is 1. The second-order valence-corrected chi connectivity index (χ2v) is 7.15. The van der Waals surface area contributed by atoms with Crippen LogP contribution in [0.2, 0.25) is 0 Å². The van der Waals surface area contributed by atoms with E-state index in [1.807, 2.05) is 0 Å². The summed E-state index contributed by atoms with van der Waals surface area (Å²) >= 11 is 2.08. The lowest BCUT2D eigenvalue weighted by molar-refractivity contribution is 0.296. The van der Waals surface area contributed by atoms with Gasteiger partial charge < -0.3 is 10.2 Å². The molecule has 0 saturated carbocycles. The quantitative estimate of drug-likeness (QED) is 0.896. The van der Waals surface area contributed by atoms with E-state index in [4.69, 9.17) is 0 Å². The summed E-state index contributed by atoms with van der Waals surface area (Å²) < 4.78 is 0. The first kappa shape index (κ1) is 15.9. The minimum absolute atomic E-state index is 0.438. The second-order valence-electron chi connectivity index (χ2n) is 5.92. The Morgan fingerprint density at radius 2 is 1.75 bits per heavy atom. The Balaban J connectivity index is 1.85. The number of thioether (sulfide) groups is 1. The highest BCUT2D eigenvalue weighted by Gasteiger charge is 2.12. The third-order valence-electron chi connectivity index (χ3n) is 4.33. The third-order valence-corrected chi connectivity index (χ3v) is 5.27. The molecule has 1 aliphatic rings. The molecule has 1 N–H and O–H groups in total. The minimum atomic E-state index is 0.438. The van der Waals surface area contributed by atoms with E-state index in [1.165, 1.54) is 53.4 Å². The number of benzene rings is 1. The van der Waals surface area contributed by atoms with Crippen LogP contribution in [-0.2, 0) is 0 Å². The normalized spacial score (nSPS) is 18.2. The zero-order valence-electron chi connectivity index (χ0n) is 13.3. The van der Waals surface area contributed by atoms with Crippen LogP contribution in [0.4, 0.5) is 0 Å². The van der Waals surface area contributed by atoms with Crippen molar-refractivity contribution in [1.29, 1.82) is 0 Å². The average molecular weight is 292 g/mol. The van der Waals surface area contributed by atoms with E-state index in [0.29, 0.717) is 6.04 Å². The van der Waals surface area contributed by atoms with E-state index < -0.39 is 0 Å². The number of aryl methyl sites for hydroxylation is 3. The van der Waals surface area contributed by atoms with Crippen LogP contribution in [0.5, 0.6) is 0 Å². The Morgan fingerprint density at radius 3 is 2.45 bits per heavy atom. The predicted molar refractivity (Wildman–Crippen MR) is 90.8 cm³/mol. The topological polar surface area (TPSA) is 15.3 Å². The van der Waals surface area contributed by atoms with Gasteiger partial charge in [-0.15, -0.1) is 0 Å². The summed E-state index contributed by atoms with van der Waals surface area (Å²) in [6.45, 7) is 13.7. The Hall–Kier alpha value is -0.510. The monoisotopic (exact) mass is 292 g/mol. The molecule has 0 aromatic heterocycles. The molecule has 1 aromatic carbocycles. The summed E-state index contributed by atoms with van der Waals surface area (Å²) in [6.07, 6.45) is 0. The van der Waals surface area contributed by atoms with Gasteiger partial charge in [-0.05, 0) is 49.9 Å². The van der Waals surface area contributed by atoms with Crippen molar-refractivity contribution in [2.24, 2.45) is 0 Å². The average Bonchev–Trinajstić information content (AvgIpc) is 2.44. The number of rotatable bonds is 5. The second kappa shape index (κ2) is 7.48. The van der Waals surface area contributed by atoms with Crippen molar-refractivity contribution in [2.75, 3.05) is 37.7 Å². The summed E-state index contributed by atoms with van der Waals surface area (Å²) in [5.74, 6) is 2.59. The Morgan fingerprint density at radius 1 is 1.10 bits per heavy atom. The Bertz CT molecular complexity index is 439. The lowest BCUT2D eigenvalue weighted by atomic mass is 9.96. The minimum Gasteiger partial charge on any atom is -0.309 e. The van der Waals surface area contributed by atoms with E-state index in [2.05, 4.69) is 61.8 Å². The van der Waals surface area contributed by atoms with Gasteiger partial charge in [0.25, 0.3) is 0 Å². The van der Waals surface area contributed by atoms with Gasteiger partial charge in [-0.2, -0.15) is 11.8 Å². The molecule has 0 aliphatic carbocycles. The highest BCUT2D eigenvalue weighted by molar-refractivity contribution is 7.99. The van der Waals surface area contributed by atoms with Crippen LogP contribution in [0.15, 0.2) is 12.1 Å². The van der Waals surface area contributed by atoms with Crippen molar-refractivity contribution < 1.29 is 0 Å². The predicted octanol–water partition coefficient (Wildman–Crippen LogP) is 3.31. The molecule has 1 aliphatic heterocycles. The van der Waals surface area contributed by atoms with Gasteiger partial charge in [0.1, 0.15) is 0 Å². The molecule has 1 heterocycles. The van der Waals surface area contributed by atoms with Crippen molar-refractivity contribution in [1.82, 2.24) is 10.2 Å². The van der Waals surface area contributed by atoms with Gasteiger partial charge in [0.05, 0.1) is 0 Å². The molecule has 1 unspecified atom stereocenters. The molecule has 3 heteroatoms. The molecule has 1 fully saturated rings. The highest BCUT2D eigenvalue weighted by atomic mass is 32.2. The molecule has 1 aromatic rings. The van der Waals surface area contributed by atoms with Crippen molar-refractivity contribution in [3.8, 4) is 0 Å². The summed E-state index contributed by atoms with van der Waals surface area (Å²) in [7, 11) is 0. The molecule has 0 radical (unpaired) electrons. The standard InChI is InChI=1S/C17H28N2S/c1-13-11-15(3)17(12-14(13)2)16(4)18-5-6-19-7-9-20-10-8-19/h11-12,16,18H,5-10H2,1-4H3. The first-order valence-electron chi connectivity index (χ1n) is 7.69. The van der Waals surface area contributed by atoms with Crippen LogP contribution < -0.4 is 5.32 Å². The van der Waals surface area contributed by atoms with Crippen molar-refractivity contribution in [2.45, 2.75) is 33.7 Å². The molecule has 2 nitrogen and oxygen atoms in total. The zero-order chi connectivity index (χ0) is 14.5. The van der Waals surface area contributed by atoms with E-state index in [0.717, 1.165) is 6.54 Å². The van der Waals surface area contributed by atoms with Crippen molar-refractivity contribution in [3.63, 3.8) is 0 Å². The maximum Gasteiger partial charge on any atom is 0.0295 e. The molecular formula is C17H28N2S. The molecule has 0 amide bonds. The lowest BCUT2D eigenvalue weighted by Crippen LogP contribution is -2.38. The SMILES string of the molecule is Cc1cc(C)c(C(C)NCCN2CCSCC2)cc1C. The van der Waals surface area contributed by atoms with Gasteiger partial charge >= 0.3 is 0 Å². The van der Waals surface area contributed by atoms with Crippen LogP contribution in [0.3, 0.4) is 0 Å². The van der Waals surface area contributed by atoms with Gasteiger partial charge in [0, 0.05) is 43.7 Å². The van der Waals surface area contributed by atoms with Crippen molar-refractivity contribution >= 4 is 11.8 Å². The number of nitrogens with zero attached hydrogens (tertiary/aromatic N) is 1. The summed E-state index contributed by atoms with van der Waals surface area (Å²) in [4.78, 5) is 2.57. The van der Waals surface area contributed by atoms with Gasteiger partial charge in [-0.1, -0.05) is 12.1 Å². The van der Waals surface area contributed by atoms with Gasteiger partial charge in [0.2, 0.25) is 0 Å². The molecule has 1 saturated heterocycles. The van der Waals surface area contributed by atoms with Crippen LogP contribution >= 0.6 is 11.8 Å². The molecule has 112 valence electrons. The van der Waals surface area contributed by atoms with E-state index >= 15 is 0 Å². The smallest absolute Gasteiger partial charge is 0.0295 e. The number of hydrogen-bond acceptors (Lipinski definition) is 3. The van der Waals surface area contributed by atoms with Crippen LogP contribution in [0.1, 0.15) is 35.2 Å². The van der Waals surface area contributed by atoms with E-state index in [-0.39, 0.29) is 0 Å². The van der Waals surface area contributed by atoms with Crippen molar-refractivity contribution in [3.05, 3.63) is 34.4 Å².